The van der Waals surface area contributed by atoms with E-state index in [2.05, 4.69) is 0 Å². The van der Waals surface area contributed by atoms with Crippen molar-refractivity contribution in [2.45, 2.75) is 39.0 Å². The molecule has 0 bridgehead atoms. The van der Waals surface area contributed by atoms with Crippen LogP contribution in [0.1, 0.15) is 40.4 Å². The number of amides is 1. The molecule has 0 aromatic heterocycles. The van der Waals surface area contributed by atoms with Gasteiger partial charge in [0.2, 0.25) is 10.0 Å². The van der Waals surface area contributed by atoms with Gasteiger partial charge in [0.25, 0.3) is 5.91 Å². The molecular weight excluding hydrogens is 428 g/mol. The van der Waals surface area contributed by atoms with Crippen LogP contribution in [0.25, 0.3) is 0 Å². The first kappa shape index (κ1) is 23.9. The van der Waals surface area contributed by atoms with Gasteiger partial charge in [0.1, 0.15) is 5.75 Å². The number of rotatable bonds is 7. The summed E-state index contributed by atoms with van der Waals surface area (Å²) in [7, 11) is -3.62. The molecule has 2 aromatic carbocycles. The summed E-state index contributed by atoms with van der Waals surface area (Å²) in [6.45, 7) is 8.36. The number of hydrogen-bond donors (Lipinski definition) is 0. The van der Waals surface area contributed by atoms with Gasteiger partial charge in [-0.1, -0.05) is 24.6 Å². The van der Waals surface area contributed by atoms with E-state index in [4.69, 9.17) is 4.74 Å². The largest absolute Gasteiger partial charge is 0.484 e. The molecule has 32 heavy (non-hydrogen) atoms. The second kappa shape index (κ2) is 9.83. The Morgan fingerprint density at radius 3 is 2.03 bits per heavy atom. The number of carbonyl (C=O) groups excluding carboxylic acids is 2. The maximum atomic E-state index is 13.2. The summed E-state index contributed by atoms with van der Waals surface area (Å²) in [5.41, 5.74) is 3.12. The molecule has 0 radical (unpaired) electrons. The van der Waals surface area contributed by atoms with Gasteiger partial charge < -0.3 is 9.64 Å². The summed E-state index contributed by atoms with van der Waals surface area (Å²) in [4.78, 5) is 26.2. The zero-order valence-electron chi connectivity index (χ0n) is 19.1. The van der Waals surface area contributed by atoms with E-state index < -0.39 is 10.0 Å². The topological polar surface area (TPSA) is 84.0 Å². The van der Waals surface area contributed by atoms with Crippen LogP contribution in [0.4, 0.5) is 0 Å². The maximum absolute atomic E-state index is 13.2. The van der Waals surface area contributed by atoms with Crippen molar-refractivity contribution in [2.24, 2.45) is 0 Å². The van der Waals surface area contributed by atoms with Crippen molar-refractivity contribution in [3.05, 3.63) is 58.7 Å². The summed E-state index contributed by atoms with van der Waals surface area (Å²) in [5, 5.41) is 0. The van der Waals surface area contributed by atoms with Gasteiger partial charge in [-0.25, -0.2) is 8.42 Å². The molecule has 1 heterocycles. The zero-order chi connectivity index (χ0) is 23.5. The molecule has 1 aliphatic rings. The first-order valence-corrected chi connectivity index (χ1v) is 12.2. The highest BCUT2D eigenvalue weighted by Gasteiger charge is 2.32. The van der Waals surface area contributed by atoms with Crippen LogP contribution < -0.4 is 4.74 Å². The summed E-state index contributed by atoms with van der Waals surface area (Å²) in [6.07, 6.45) is 0.434. The second-order valence-corrected chi connectivity index (χ2v) is 9.98. The molecular formula is C24H30N2O5S. The number of ketones is 1. The molecule has 0 spiro atoms. The van der Waals surface area contributed by atoms with Crippen molar-refractivity contribution in [3.8, 4) is 5.75 Å². The van der Waals surface area contributed by atoms with Crippen molar-refractivity contribution in [1.29, 1.82) is 0 Å². The van der Waals surface area contributed by atoms with Gasteiger partial charge in [0.15, 0.2) is 12.4 Å². The Balaban J connectivity index is 1.57. The Morgan fingerprint density at radius 2 is 1.50 bits per heavy atom. The molecule has 0 atom stereocenters. The van der Waals surface area contributed by atoms with Crippen LogP contribution in [-0.4, -0.2) is 62.1 Å². The second-order valence-electron chi connectivity index (χ2n) is 8.10. The molecule has 1 saturated heterocycles. The van der Waals surface area contributed by atoms with Crippen LogP contribution in [-0.2, 0) is 14.8 Å². The smallest absolute Gasteiger partial charge is 0.260 e. The van der Waals surface area contributed by atoms with Gasteiger partial charge >= 0.3 is 0 Å². The average molecular weight is 459 g/mol. The third-order valence-electron chi connectivity index (χ3n) is 5.65. The van der Waals surface area contributed by atoms with Crippen molar-refractivity contribution in [1.82, 2.24) is 9.21 Å². The maximum Gasteiger partial charge on any atom is 0.260 e. The van der Waals surface area contributed by atoms with E-state index in [1.54, 1.807) is 36.1 Å². The van der Waals surface area contributed by atoms with Crippen LogP contribution in [0.2, 0.25) is 0 Å². The number of carbonyl (C=O) groups is 2. The minimum atomic E-state index is -3.62. The van der Waals surface area contributed by atoms with Gasteiger partial charge in [0.05, 0.1) is 4.90 Å². The number of piperazine rings is 1. The quantitative estimate of drug-likeness (QED) is 0.596. The SMILES string of the molecule is CCC(=O)c1ccc(OCC(=O)N2CCN(S(=O)(=O)c3c(C)cc(C)cc3C)CC2)cc1. The van der Waals surface area contributed by atoms with E-state index in [0.717, 1.165) is 16.7 Å². The van der Waals surface area contributed by atoms with Gasteiger partial charge in [-0.15, -0.1) is 0 Å². The first-order chi connectivity index (χ1) is 15.1. The van der Waals surface area contributed by atoms with Crippen LogP contribution in [0.5, 0.6) is 5.75 Å². The molecule has 0 N–H and O–H groups in total. The Bertz CT molecular complexity index is 1080. The molecule has 1 aliphatic heterocycles. The monoisotopic (exact) mass is 458 g/mol. The Kier molecular flexibility index (Phi) is 7.36. The average Bonchev–Trinajstić information content (AvgIpc) is 2.76. The van der Waals surface area contributed by atoms with Crippen LogP contribution in [0.3, 0.4) is 0 Å². The third kappa shape index (κ3) is 5.19. The van der Waals surface area contributed by atoms with Crippen molar-refractivity contribution >= 4 is 21.7 Å². The molecule has 1 amide bonds. The third-order valence-corrected chi connectivity index (χ3v) is 7.86. The Labute approximate surface area is 190 Å². The van der Waals surface area contributed by atoms with Crippen molar-refractivity contribution in [3.63, 3.8) is 0 Å². The lowest BCUT2D eigenvalue weighted by atomic mass is 10.1. The van der Waals surface area contributed by atoms with E-state index in [9.17, 15) is 18.0 Å². The minimum absolute atomic E-state index is 0.0523. The normalized spacial score (nSPS) is 14.9. The lowest BCUT2D eigenvalue weighted by Crippen LogP contribution is -2.51. The fraction of sp³-hybridized carbons (Fsp3) is 0.417. The van der Waals surface area contributed by atoms with Gasteiger partial charge in [-0.05, 0) is 56.2 Å². The predicted molar refractivity (Wildman–Crippen MR) is 123 cm³/mol. The Hall–Kier alpha value is -2.71. The standard InChI is InChI=1S/C24H30N2O5S/c1-5-22(27)20-6-8-21(9-7-20)31-16-23(28)25-10-12-26(13-11-25)32(29,30)24-18(3)14-17(2)15-19(24)4/h6-9,14-15H,5,10-13,16H2,1-4H3. The summed E-state index contributed by atoms with van der Waals surface area (Å²) in [5.74, 6) is 0.368. The summed E-state index contributed by atoms with van der Waals surface area (Å²) < 4.78 is 33.4. The minimum Gasteiger partial charge on any atom is -0.484 e. The molecule has 0 aliphatic carbocycles. The van der Waals surface area contributed by atoms with E-state index in [0.29, 0.717) is 35.7 Å². The number of sulfonamides is 1. The lowest BCUT2D eigenvalue weighted by Gasteiger charge is -2.34. The first-order valence-electron chi connectivity index (χ1n) is 10.7. The van der Waals surface area contributed by atoms with Gasteiger partial charge in [-0.2, -0.15) is 4.31 Å². The number of ether oxygens (including phenoxy) is 1. The number of benzene rings is 2. The van der Waals surface area contributed by atoms with Crippen molar-refractivity contribution < 1.29 is 22.7 Å². The number of Topliss-reactive ketones (excluding diaryl/α,β-unsaturated/α-hetero) is 1. The Morgan fingerprint density at radius 1 is 0.938 bits per heavy atom. The lowest BCUT2D eigenvalue weighted by molar-refractivity contribution is -0.134. The van der Waals surface area contributed by atoms with Gasteiger partial charge in [-0.3, -0.25) is 9.59 Å². The van der Waals surface area contributed by atoms with Crippen molar-refractivity contribution in [2.75, 3.05) is 32.8 Å². The fourth-order valence-corrected chi connectivity index (χ4v) is 5.89. The summed E-state index contributed by atoms with van der Waals surface area (Å²) in [6, 6.07) is 10.5. The molecule has 2 aromatic rings. The van der Waals surface area contributed by atoms with E-state index in [1.165, 1.54) is 4.31 Å². The number of nitrogens with zero attached hydrogens (tertiary/aromatic N) is 2. The van der Waals surface area contributed by atoms with Crippen LogP contribution >= 0.6 is 0 Å². The summed E-state index contributed by atoms with van der Waals surface area (Å²) >= 11 is 0. The predicted octanol–water partition coefficient (Wildman–Crippen LogP) is 3.12. The van der Waals surface area contributed by atoms with E-state index in [-0.39, 0.29) is 31.4 Å². The number of hydrogen-bond acceptors (Lipinski definition) is 5. The van der Waals surface area contributed by atoms with Gasteiger partial charge in [0, 0.05) is 38.2 Å². The molecule has 172 valence electrons. The molecule has 0 saturated carbocycles. The fourth-order valence-electron chi connectivity index (χ4n) is 4.06. The highest BCUT2D eigenvalue weighted by molar-refractivity contribution is 7.89. The highest BCUT2D eigenvalue weighted by Crippen LogP contribution is 2.26. The van der Waals surface area contributed by atoms with Crippen LogP contribution in [0.15, 0.2) is 41.3 Å². The molecule has 1 fully saturated rings. The molecule has 3 rings (SSSR count). The molecule has 8 heteroatoms. The number of aryl methyl sites for hydroxylation is 3. The van der Waals surface area contributed by atoms with Crippen LogP contribution in [0, 0.1) is 20.8 Å². The highest BCUT2D eigenvalue weighted by atomic mass is 32.2. The molecule has 7 nitrogen and oxygen atoms in total. The van der Waals surface area contributed by atoms with E-state index in [1.807, 2.05) is 32.9 Å². The zero-order valence-corrected chi connectivity index (χ0v) is 19.9. The molecule has 0 unspecified atom stereocenters. The van der Waals surface area contributed by atoms with E-state index >= 15 is 0 Å².